The Balaban J connectivity index is 1.60. The molecule has 0 heterocycles. The van der Waals surface area contributed by atoms with E-state index in [2.05, 4.69) is 12.1 Å². The summed E-state index contributed by atoms with van der Waals surface area (Å²) >= 11 is 0. The van der Waals surface area contributed by atoms with Gasteiger partial charge in [0.15, 0.2) is 0 Å². The zero-order chi connectivity index (χ0) is 17.2. The molecule has 0 saturated heterocycles. The van der Waals surface area contributed by atoms with Crippen molar-refractivity contribution in [2.45, 2.75) is 31.3 Å². The summed E-state index contributed by atoms with van der Waals surface area (Å²) in [5.41, 5.74) is 3.18. The number of fused-ring (bicyclic) bond motifs is 2. The van der Waals surface area contributed by atoms with Crippen molar-refractivity contribution in [3.05, 3.63) is 89.2 Å². The molecular weight excluding hydrogens is 311 g/mol. The monoisotopic (exact) mass is 332 g/mol. The molecule has 126 valence electrons. The molecule has 0 spiro atoms. The number of aliphatic hydroxyl groups excluding tert-OH is 1. The maximum Gasteiger partial charge on any atom is 0.101 e. The first-order valence-corrected chi connectivity index (χ1v) is 8.81. The second-order valence-electron chi connectivity index (χ2n) is 6.81. The number of hydrogen-bond donors (Lipinski definition) is 1. The molecule has 0 aromatic heterocycles. The van der Waals surface area contributed by atoms with Crippen molar-refractivity contribution in [3.63, 3.8) is 0 Å². The molecule has 3 aromatic carbocycles. The molecule has 0 saturated carbocycles. The van der Waals surface area contributed by atoms with Crippen LogP contribution in [0.2, 0.25) is 0 Å². The summed E-state index contributed by atoms with van der Waals surface area (Å²) in [6.45, 7) is 0. The molecule has 25 heavy (non-hydrogen) atoms. The predicted molar refractivity (Wildman–Crippen MR) is 101 cm³/mol. The molecule has 3 aromatic rings. The smallest absolute Gasteiger partial charge is 0.101 e. The third-order valence-electron chi connectivity index (χ3n) is 5.14. The van der Waals surface area contributed by atoms with Gasteiger partial charge in [-0.1, -0.05) is 60.7 Å². The third-order valence-corrected chi connectivity index (χ3v) is 5.14. The van der Waals surface area contributed by atoms with Crippen LogP contribution in [0.15, 0.2) is 72.6 Å². The topological polar surface area (TPSA) is 20.2 Å². The third kappa shape index (κ3) is 3.35. The SMILES string of the molecule is OC1CCc2ccccc2C1C/C(F)=C/c1ccc2ccccc2c1. The minimum atomic E-state index is -0.481. The van der Waals surface area contributed by atoms with Gasteiger partial charge in [-0.3, -0.25) is 0 Å². The standard InChI is InChI=1S/C23H21FO/c24-20(14-16-9-10-17-5-1-2-7-19(17)13-16)15-22-21-8-4-3-6-18(21)11-12-23(22)25/h1-10,13-14,22-23,25H,11-12,15H2/b20-14-. The van der Waals surface area contributed by atoms with E-state index in [4.69, 9.17) is 0 Å². The number of hydrogen-bond acceptors (Lipinski definition) is 1. The molecule has 0 bridgehead atoms. The lowest BCUT2D eigenvalue weighted by Gasteiger charge is -2.30. The molecule has 1 aliphatic carbocycles. The highest BCUT2D eigenvalue weighted by molar-refractivity contribution is 5.84. The van der Waals surface area contributed by atoms with Crippen LogP contribution in [-0.4, -0.2) is 11.2 Å². The number of benzene rings is 3. The van der Waals surface area contributed by atoms with Gasteiger partial charge in [-0.25, -0.2) is 4.39 Å². The number of aliphatic hydroxyl groups is 1. The Morgan fingerprint density at radius 2 is 1.76 bits per heavy atom. The van der Waals surface area contributed by atoms with Crippen LogP contribution in [0.3, 0.4) is 0 Å². The van der Waals surface area contributed by atoms with Gasteiger partial charge < -0.3 is 5.11 Å². The Bertz CT molecular complexity index is 928. The molecule has 0 fully saturated rings. The average Bonchev–Trinajstić information content (AvgIpc) is 2.64. The zero-order valence-corrected chi connectivity index (χ0v) is 14.0. The van der Waals surface area contributed by atoms with Gasteiger partial charge in [0.05, 0.1) is 6.10 Å². The maximum atomic E-state index is 14.7. The van der Waals surface area contributed by atoms with E-state index < -0.39 is 6.10 Å². The van der Waals surface area contributed by atoms with Crippen molar-refractivity contribution in [2.75, 3.05) is 0 Å². The number of aryl methyl sites for hydroxylation is 1. The summed E-state index contributed by atoms with van der Waals surface area (Å²) in [7, 11) is 0. The normalized spacial score (nSPS) is 20.5. The number of rotatable bonds is 3. The minimum Gasteiger partial charge on any atom is -0.392 e. The second-order valence-corrected chi connectivity index (χ2v) is 6.81. The highest BCUT2D eigenvalue weighted by atomic mass is 19.1. The molecular formula is C23H21FO. The second kappa shape index (κ2) is 6.81. The summed E-state index contributed by atoms with van der Waals surface area (Å²) in [5, 5.41) is 12.6. The fraction of sp³-hybridized carbons (Fsp3) is 0.217. The first-order valence-electron chi connectivity index (χ1n) is 8.81. The molecule has 0 amide bonds. The van der Waals surface area contributed by atoms with Gasteiger partial charge in [0.25, 0.3) is 0 Å². The molecule has 0 radical (unpaired) electrons. The van der Waals surface area contributed by atoms with Gasteiger partial charge >= 0.3 is 0 Å². The first-order chi connectivity index (χ1) is 12.2. The molecule has 0 aliphatic heterocycles. The van der Waals surface area contributed by atoms with E-state index in [0.717, 1.165) is 28.3 Å². The lowest BCUT2D eigenvalue weighted by Crippen LogP contribution is -2.25. The highest BCUT2D eigenvalue weighted by Crippen LogP contribution is 2.36. The predicted octanol–water partition coefficient (Wildman–Crippen LogP) is 5.63. The Labute approximate surface area is 147 Å². The fourth-order valence-electron chi connectivity index (χ4n) is 3.83. The Morgan fingerprint density at radius 1 is 1.00 bits per heavy atom. The van der Waals surface area contributed by atoms with E-state index in [0.29, 0.717) is 6.42 Å². The van der Waals surface area contributed by atoms with Crippen LogP contribution in [-0.2, 0) is 6.42 Å². The van der Waals surface area contributed by atoms with Gasteiger partial charge in [-0.2, -0.15) is 0 Å². The molecule has 1 aliphatic rings. The van der Waals surface area contributed by atoms with Crippen molar-refractivity contribution in [2.24, 2.45) is 0 Å². The largest absolute Gasteiger partial charge is 0.392 e. The summed E-state index contributed by atoms with van der Waals surface area (Å²) in [6.07, 6.45) is 2.92. The highest BCUT2D eigenvalue weighted by Gasteiger charge is 2.28. The van der Waals surface area contributed by atoms with Crippen LogP contribution in [0, 0.1) is 0 Å². The van der Waals surface area contributed by atoms with Crippen molar-refractivity contribution in [1.82, 2.24) is 0 Å². The Kier molecular flexibility index (Phi) is 4.37. The van der Waals surface area contributed by atoms with Crippen molar-refractivity contribution < 1.29 is 9.50 Å². The summed E-state index contributed by atoms with van der Waals surface area (Å²) in [5.74, 6) is -0.349. The van der Waals surface area contributed by atoms with E-state index >= 15 is 0 Å². The van der Waals surface area contributed by atoms with E-state index in [-0.39, 0.29) is 18.2 Å². The van der Waals surface area contributed by atoms with E-state index in [9.17, 15) is 9.50 Å². The van der Waals surface area contributed by atoms with Gasteiger partial charge in [-0.15, -0.1) is 0 Å². The summed E-state index contributed by atoms with van der Waals surface area (Å²) in [6, 6.07) is 22.1. The van der Waals surface area contributed by atoms with Crippen LogP contribution in [0.5, 0.6) is 0 Å². The van der Waals surface area contributed by atoms with Crippen LogP contribution < -0.4 is 0 Å². The summed E-state index contributed by atoms with van der Waals surface area (Å²) in [4.78, 5) is 0. The van der Waals surface area contributed by atoms with Crippen LogP contribution in [0.1, 0.15) is 35.4 Å². The van der Waals surface area contributed by atoms with E-state index in [1.54, 1.807) is 6.08 Å². The van der Waals surface area contributed by atoms with E-state index in [1.807, 2.05) is 54.6 Å². The van der Waals surface area contributed by atoms with Crippen molar-refractivity contribution in [3.8, 4) is 0 Å². The van der Waals surface area contributed by atoms with Crippen LogP contribution in [0.25, 0.3) is 16.8 Å². The number of allylic oxidation sites excluding steroid dienone is 1. The van der Waals surface area contributed by atoms with Gasteiger partial charge in [0.1, 0.15) is 5.83 Å². The number of halogens is 1. The molecule has 2 heteroatoms. The summed E-state index contributed by atoms with van der Waals surface area (Å²) < 4.78 is 14.7. The lowest BCUT2D eigenvalue weighted by atomic mass is 9.79. The average molecular weight is 332 g/mol. The fourth-order valence-corrected chi connectivity index (χ4v) is 3.83. The van der Waals surface area contributed by atoms with Crippen LogP contribution >= 0.6 is 0 Å². The minimum absolute atomic E-state index is 0.165. The molecule has 2 unspecified atom stereocenters. The molecule has 4 rings (SSSR count). The van der Waals surface area contributed by atoms with Crippen LogP contribution in [0.4, 0.5) is 4.39 Å². The van der Waals surface area contributed by atoms with E-state index in [1.165, 1.54) is 5.56 Å². The van der Waals surface area contributed by atoms with Crippen molar-refractivity contribution in [1.29, 1.82) is 0 Å². The Morgan fingerprint density at radius 3 is 2.64 bits per heavy atom. The zero-order valence-electron chi connectivity index (χ0n) is 14.0. The quantitative estimate of drug-likeness (QED) is 0.659. The van der Waals surface area contributed by atoms with Gasteiger partial charge in [-0.05, 0) is 52.4 Å². The Hall–Kier alpha value is -2.45. The first kappa shape index (κ1) is 16.0. The lowest BCUT2D eigenvalue weighted by molar-refractivity contribution is 0.123. The molecule has 1 nitrogen and oxygen atoms in total. The molecule has 2 atom stereocenters. The maximum absolute atomic E-state index is 14.7. The van der Waals surface area contributed by atoms with Crippen molar-refractivity contribution >= 4 is 16.8 Å². The van der Waals surface area contributed by atoms with Gasteiger partial charge in [0.2, 0.25) is 0 Å². The van der Waals surface area contributed by atoms with Gasteiger partial charge in [0, 0.05) is 12.3 Å². The molecule has 1 N–H and O–H groups in total.